The molecule has 0 saturated heterocycles. The lowest BCUT2D eigenvalue weighted by Crippen LogP contribution is -2.24. The normalized spacial score (nSPS) is 13.2. The zero-order valence-electron chi connectivity index (χ0n) is 11.0. The number of hydrogen-bond acceptors (Lipinski definition) is 4. The van der Waals surface area contributed by atoms with E-state index in [1.54, 1.807) is 11.3 Å². The minimum absolute atomic E-state index is 0.669. The molecule has 0 saturated carbocycles. The fraction of sp³-hybridized carbons (Fsp3) is 0.769. The lowest BCUT2D eigenvalue weighted by Gasteiger charge is -2.17. The number of hydrogen-bond donors (Lipinski definition) is 2. The van der Waals surface area contributed by atoms with Crippen LogP contribution in [0.3, 0.4) is 0 Å². The summed E-state index contributed by atoms with van der Waals surface area (Å²) < 4.78 is 0. The lowest BCUT2D eigenvalue weighted by atomic mass is 9.94. The SMILES string of the molecule is CC(C)CC(CN)CCNCCc1nccs1. The molecule has 1 atom stereocenters. The summed E-state index contributed by atoms with van der Waals surface area (Å²) in [6.45, 7) is 7.43. The van der Waals surface area contributed by atoms with Gasteiger partial charge in [-0.2, -0.15) is 0 Å². The van der Waals surface area contributed by atoms with E-state index in [2.05, 4.69) is 24.1 Å². The Hall–Kier alpha value is -0.450. The molecule has 1 aromatic heterocycles. The topological polar surface area (TPSA) is 50.9 Å². The van der Waals surface area contributed by atoms with E-state index in [-0.39, 0.29) is 0 Å². The predicted molar refractivity (Wildman–Crippen MR) is 75.3 cm³/mol. The predicted octanol–water partition coefficient (Wildman–Crippen LogP) is 2.29. The van der Waals surface area contributed by atoms with Gasteiger partial charge in [0.15, 0.2) is 0 Å². The third-order valence-corrected chi connectivity index (χ3v) is 3.71. The minimum atomic E-state index is 0.669. The van der Waals surface area contributed by atoms with Gasteiger partial charge in [0, 0.05) is 24.5 Å². The standard InChI is InChI=1S/C13H25N3S/c1-11(2)9-12(10-14)3-5-15-6-4-13-16-7-8-17-13/h7-8,11-12,15H,3-6,9-10,14H2,1-2H3. The number of aromatic nitrogens is 1. The Labute approximate surface area is 109 Å². The van der Waals surface area contributed by atoms with Crippen LogP contribution in [-0.4, -0.2) is 24.6 Å². The van der Waals surface area contributed by atoms with Gasteiger partial charge in [-0.15, -0.1) is 11.3 Å². The third kappa shape index (κ3) is 6.76. The van der Waals surface area contributed by atoms with Gasteiger partial charge in [-0.25, -0.2) is 4.98 Å². The molecule has 98 valence electrons. The summed E-state index contributed by atoms with van der Waals surface area (Å²) >= 11 is 1.73. The Balaban J connectivity index is 2.02. The lowest BCUT2D eigenvalue weighted by molar-refractivity contribution is 0.386. The maximum atomic E-state index is 5.78. The van der Waals surface area contributed by atoms with E-state index in [0.717, 1.165) is 32.0 Å². The zero-order valence-corrected chi connectivity index (χ0v) is 11.8. The quantitative estimate of drug-likeness (QED) is 0.666. The van der Waals surface area contributed by atoms with Crippen LogP contribution in [0.4, 0.5) is 0 Å². The fourth-order valence-corrected chi connectivity index (χ4v) is 2.62. The Morgan fingerprint density at radius 3 is 2.82 bits per heavy atom. The number of thiazole rings is 1. The molecule has 1 unspecified atom stereocenters. The van der Waals surface area contributed by atoms with Crippen molar-refractivity contribution in [3.05, 3.63) is 16.6 Å². The highest BCUT2D eigenvalue weighted by atomic mass is 32.1. The van der Waals surface area contributed by atoms with E-state index < -0.39 is 0 Å². The first-order valence-electron chi connectivity index (χ1n) is 6.51. The summed E-state index contributed by atoms with van der Waals surface area (Å²) in [4.78, 5) is 4.26. The molecular weight excluding hydrogens is 230 g/mol. The van der Waals surface area contributed by atoms with Crippen molar-refractivity contribution in [2.75, 3.05) is 19.6 Å². The molecule has 0 radical (unpaired) electrons. The van der Waals surface area contributed by atoms with Crippen LogP contribution >= 0.6 is 11.3 Å². The van der Waals surface area contributed by atoms with Gasteiger partial charge in [-0.05, 0) is 37.8 Å². The molecule has 0 amide bonds. The maximum Gasteiger partial charge on any atom is 0.0937 e. The van der Waals surface area contributed by atoms with Crippen LogP contribution in [0, 0.1) is 11.8 Å². The second-order valence-corrected chi connectivity index (χ2v) is 5.92. The van der Waals surface area contributed by atoms with Crippen molar-refractivity contribution < 1.29 is 0 Å². The zero-order chi connectivity index (χ0) is 12.5. The monoisotopic (exact) mass is 255 g/mol. The molecule has 4 heteroatoms. The Kier molecular flexibility index (Phi) is 7.40. The first-order chi connectivity index (χ1) is 8.22. The smallest absolute Gasteiger partial charge is 0.0937 e. The van der Waals surface area contributed by atoms with E-state index in [9.17, 15) is 0 Å². The van der Waals surface area contributed by atoms with Crippen LogP contribution in [0.5, 0.6) is 0 Å². The van der Waals surface area contributed by atoms with Gasteiger partial charge in [-0.1, -0.05) is 13.8 Å². The highest BCUT2D eigenvalue weighted by Gasteiger charge is 2.08. The molecule has 0 aliphatic carbocycles. The number of nitrogens with one attached hydrogen (secondary N) is 1. The average Bonchev–Trinajstić information content (AvgIpc) is 2.79. The number of nitrogens with two attached hydrogens (primary N) is 1. The van der Waals surface area contributed by atoms with Crippen LogP contribution in [-0.2, 0) is 6.42 Å². The first-order valence-corrected chi connectivity index (χ1v) is 7.39. The summed E-state index contributed by atoms with van der Waals surface area (Å²) in [6, 6.07) is 0. The first kappa shape index (κ1) is 14.6. The van der Waals surface area contributed by atoms with Gasteiger partial charge in [0.2, 0.25) is 0 Å². The molecule has 0 aliphatic rings. The van der Waals surface area contributed by atoms with E-state index in [1.165, 1.54) is 17.8 Å². The van der Waals surface area contributed by atoms with Gasteiger partial charge in [0.05, 0.1) is 5.01 Å². The van der Waals surface area contributed by atoms with Crippen LogP contribution in [0.2, 0.25) is 0 Å². The van der Waals surface area contributed by atoms with Crippen molar-refractivity contribution >= 4 is 11.3 Å². The van der Waals surface area contributed by atoms with E-state index in [0.29, 0.717) is 5.92 Å². The van der Waals surface area contributed by atoms with Crippen LogP contribution < -0.4 is 11.1 Å². The summed E-state index contributed by atoms with van der Waals surface area (Å²) in [5.74, 6) is 1.42. The van der Waals surface area contributed by atoms with Crippen molar-refractivity contribution in [2.45, 2.75) is 33.1 Å². The van der Waals surface area contributed by atoms with Crippen LogP contribution in [0.15, 0.2) is 11.6 Å². The van der Waals surface area contributed by atoms with Crippen molar-refractivity contribution in [1.29, 1.82) is 0 Å². The summed E-state index contributed by atoms with van der Waals surface area (Å²) in [5.41, 5.74) is 5.78. The Morgan fingerprint density at radius 2 is 2.24 bits per heavy atom. The summed E-state index contributed by atoms with van der Waals surface area (Å²) in [6.07, 6.45) is 5.33. The van der Waals surface area contributed by atoms with Gasteiger partial charge in [0.25, 0.3) is 0 Å². The molecule has 0 aliphatic heterocycles. The average molecular weight is 255 g/mol. The third-order valence-electron chi connectivity index (χ3n) is 2.87. The van der Waals surface area contributed by atoms with Crippen LogP contribution in [0.25, 0.3) is 0 Å². The van der Waals surface area contributed by atoms with Crippen molar-refractivity contribution in [1.82, 2.24) is 10.3 Å². The Bertz CT molecular complexity index is 272. The molecule has 0 fully saturated rings. The maximum absolute atomic E-state index is 5.78. The largest absolute Gasteiger partial charge is 0.330 e. The molecule has 3 nitrogen and oxygen atoms in total. The summed E-state index contributed by atoms with van der Waals surface area (Å²) in [5, 5.41) is 6.72. The van der Waals surface area contributed by atoms with Crippen LogP contribution in [0.1, 0.15) is 31.7 Å². The second kappa shape index (κ2) is 8.61. The van der Waals surface area contributed by atoms with Crippen molar-refractivity contribution in [3.8, 4) is 0 Å². The number of rotatable bonds is 9. The van der Waals surface area contributed by atoms with Gasteiger partial charge in [-0.3, -0.25) is 0 Å². The van der Waals surface area contributed by atoms with Crippen molar-refractivity contribution in [2.24, 2.45) is 17.6 Å². The highest BCUT2D eigenvalue weighted by molar-refractivity contribution is 7.09. The molecule has 3 N–H and O–H groups in total. The highest BCUT2D eigenvalue weighted by Crippen LogP contribution is 2.13. The molecule has 0 aromatic carbocycles. The van der Waals surface area contributed by atoms with Crippen molar-refractivity contribution in [3.63, 3.8) is 0 Å². The molecule has 0 bridgehead atoms. The van der Waals surface area contributed by atoms with E-state index in [4.69, 9.17) is 5.73 Å². The Morgan fingerprint density at radius 1 is 1.41 bits per heavy atom. The van der Waals surface area contributed by atoms with Gasteiger partial charge < -0.3 is 11.1 Å². The fourth-order valence-electron chi connectivity index (χ4n) is 2.00. The molecule has 0 spiro atoms. The second-order valence-electron chi connectivity index (χ2n) is 4.95. The van der Waals surface area contributed by atoms with Gasteiger partial charge in [0.1, 0.15) is 0 Å². The molecule has 1 heterocycles. The number of nitrogens with zero attached hydrogens (tertiary/aromatic N) is 1. The van der Waals surface area contributed by atoms with E-state index >= 15 is 0 Å². The van der Waals surface area contributed by atoms with E-state index in [1.807, 2.05) is 11.6 Å². The minimum Gasteiger partial charge on any atom is -0.330 e. The molecule has 17 heavy (non-hydrogen) atoms. The molecular formula is C13H25N3S. The molecule has 1 aromatic rings. The van der Waals surface area contributed by atoms with Gasteiger partial charge >= 0.3 is 0 Å². The summed E-state index contributed by atoms with van der Waals surface area (Å²) in [7, 11) is 0. The molecule has 1 rings (SSSR count).